The third-order valence-electron chi connectivity index (χ3n) is 4.10. The van der Waals surface area contributed by atoms with Crippen LogP contribution in [0.2, 0.25) is 0 Å². The number of fused-ring (bicyclic) bond motifs is 3. The Labute approximate surface area is 136 Å². The summed E-state index contributed by atoms with van der Waals surface area (Å²) in [7, 11) is 3.10. The number of carbonyl (C=O) groups is 1. The highest BCUT2D eigenvalue weighted by Gasteiger charge is 2.34. The largest absolute Gasteiger partial charge is 0.481 e. The molecule has 2 heterocycles. The van der Waals surface area contributed by atoms with Gasteiger partial charge in [0, 0.05) is 25.5 Å². The number of thiophene rings is 1. The van der Waals surface area contributed by atoms with Gasteiger partial charge in [-0.2, -0.15) is 0 Å². The Morgan fingerprint density at radius 1 is 1.43 bits per heavy atom. The van der Waals surface area contributed by atoms with E-state index in [0.717, 1.165) is 4.88 Å². The fourth-order valence-electron chi connectivity index (χ4n) is 3.06. The number of aryl methyl sites for hydroxylation is 1. The van der Waals surface area contributed by atoms with Crippen molar-refractivity contribution in [3.05, 3.63) is 26.6 Å². The van der Waals surface area contributed by atoms with E-state index in [4.69, 9.17) is 9.47 Å². The molecule has 1 aliphatic carbocycles. The van der Waals surface area contributed by atoms with Gasteiger partial charge < -0.3 is 14.6 Å². The predicted octanol–water partition coefficient (Wildman–Crippen LogP) is 1.37. The average Bonchev–Trinajstić information content (AvgIpc) is 3.06. The first-order chi connectivity index (χ1) is 11.1. The summed E-state index contributed by atoms with van der Waals surface area (Å²) in [6.07, 6.45) is 1.72. The van der Waals surface area contributed by atoms with Crippen LogP contribution in [0.1, 0.15) is 28.6 Å². The number of hydrogen-bond donors (Lipinski definition) is 1. The summed E-state index contributed by atoms with van der Waals surface area (Å²) in [5.41, 5.74) is 0.423. The number of rotatable bonds is 6. The zero-order valence-corrected chi connectivity index (χ0v) is 13.8. The zero-order valence-electron chi connectivity index (χ0n) is 13.0. The molecule has 2 aromatic heterocycles. The third-order valence-corrected chi connectivity index (χ3v) is 5.26. The molecule has 7 nitrogen and oxygen atoms in total. The molecule has 23 heavy (non-hydrogen) atoms. The number of carboxylic acids is 1. The van der Waals surface area contributed by atoms with Crippen LogP contribution in [0.15, 0.2) is 4.79 Å². The van der Waals surface area contributed by atoms with Gasteiger partial charge in [0.1, 0.15) is 17.4 Å². The molecule has 0 aromatic carbocycles. The minimum Gasteiger partial charge on any atom is -0.481 e. The lowest BCUT2D eigenvalue weighted by atomic mass is 10.0. The molecule has 0 aliphatic heterocycles. The van der Waals surface area contributed by atoms with Crippen LogP contribution >= 0.6 is 11.3 Å². The van der Waals surface area contributed by atoms with Crippen molar-refractivity contribution in [1.29, 1.82) is 0 Å². The fraction of sp³-hybridized carbons (Fsp3) is 0.533. The molecule has 3 rings (SSSR count). The molecule has 0 saturated carbocycles. The molecule has 0 spiro atoms. The van der Waals surface area contributed by atoms with Gasteiger partial charge in [0.15, 0.2) is 0 Å². The summed E-state index contributed by atoms with van der Waals surface area (Å²) in [4.78, 5) is 30.5. The summed E-state index contributed by atoms with van der Waals surface area (Å²) >= 11 is 1.43. The number of carboxylic acid groups (broad SMARTS) is 1. The van der Waals surface area contributed by atoms with Crippen LogP contribution in [-0.2, 0) is 33.8 Å². The fourth-order valence-corrected chi connectivity index (χ4v) is 4.32. The van der Waals surface area contributed by atoms with Crippen molar-refractivity contribution >= 4 is 27.5 Å². The van der Waals surface area contributed by atoms with Crippen molar-refractivity contribution in [1.82, 2.24) is 9.55 Å². The lowest BCUT2D eigenvalue weighted by Gasteiger charge is -2.12. The van der Waals surface area contributed by atoms with Crippen molar-refractivity contribution in [2.45, 2.75) is 31.9 Å². The van der Waals surface area contributed by atoms with Crippen LogP contribution < -0.4 is 5.56 Å². The monoisotopic (exact) mass is 338 g/mol. The highest BCUT2D eigenvalue weighted by Crippen LogP contribution is 2.42. The van der Waals surface area contributed by atoms with Crippen LogP contribution in [0.3, 0.4) is 0 Å². The van der Waals surface area contributed by atoms with E-state index in [1.54, 1.807) is 7.11 Å². The van der Waals surface area contributed by atoms with Gasteiger partial charge in [-0.3, -0.25) is 14.2 Å². The maximum atomic E-state index is 12.9. The smallest absolute Gasteiger partial charge is 0.311 e. The normalized spacial score (nSPS) is 16.9. The van der Waals surface area contributed by atoms with Crippen LogP contribution in [0.5, 0.6) is 0 Å². The molecule has 2 aromatic rings. The maximum Gasteiger partial charge on any atom is 0.311 e. The van der Waals surface area contributed by atoms with Crippen molar-refractivity contribution in [3.63, 3.8) is 0 Å². The molecule has 0 fully saturated rings. The number of ether oxygens (including phenoxy) is 2. The van der Waals surface area contributed by atoms with E-state index < -0.39 is 11.9 Å². The quantitative estimate of drug-likeness (QED) is 0.855. The third kappa shape index (κ3) is 2.66. The number of aromatic nitrogens is 2. The van der Waals surface area contributed by atoms with E-state index in [0.29, 0.717) is 47.5 Å². The summed E-state index contributed by atoms with van der Waals surface area (Å²) in [6, 6.07) is 0. The first-order valence-electron chi connectivity index (χ1n) is 7.34. The van der Waals surface area contributed by atoms with E-state index in [1.165, 1.54) is 23.0 Å². The number of aliphatic carboxylic acids is 1. The molecular weight excluding hydrogens is 320 g/mol. The Morgan fingerprint density at radius 3 is 2.87 bits per heavy atom. The minimum atomic E-state index is -0.885. The second kappa shape index (κ2) is 6.38. The van der Waals surface area contributed by atoms with Gasteiger partial charge >= 0.3 is 5.97 Å². The lowest BCUT2D eigenvalue weighted by Crippen LogP contribution is -2.27. The second-order valence-corrected chi connectivity index (χ2v) is 6.55. The summed E-state index contributed by atoms with van der Waals surface area (Å²) < 4.78 is 11.7. The number of nitrogens with zero attached hydrogens (tertiary/aromatic N) is 2. The van der Waals surface area contributed by atoms with Gasteiger partial charge in [-0.05, 0) is 18.4 Å². The van der Waals surface area contributed by atoms with Crippen LogP contribution in [0.25, 0.3) is 10.2 Å². The van der Waals surface area contributed by atoms with E-state index in [1.807, 2.05) is 0 Å². The molecule has 1 atom stereocenters. The summed E-state index contributed by atoms with van der Waals surface area (Å²) in [6.45, 7) is 0.535. The summed E-state index contributed by atoms with van der Waals surface area (Å²) in [5.74, 6) is -0.906. The standard InChI is InChI=1S/C15H18N2O5S/c1-21-6-5-10-16-13-12(14(18)17(10)7-22-2)11-8(15(19)20)3-4-9(11)23-13/h8H,3-7H2,1-2H3,(H,19,20). The molecule has 0 bridgehead atoms. The Balaban J connectivity index is 2.22. The molecule has 1 unspecified atom stereocenters. The first kappa shape index (κ1) is 16.1. The van der Waals surface area contributed by atoms with Gasteiger partial charge in [0.25, 0.3) is 5.56 Å². The molecule has 1 aliphatic rings. The maximum absolute atomic E-state index is 12.9. The van der Waals surface area contributed by atoms with Gasteiger partial charge in [0.05, 0.1) is 17.9 Å². The van der Waals surface area contributed by atoms with E-state index in [-0.39, 0.29) is 12.3 Å². The second-order valence-electron chi connectivity index (χ2n) is 5.47. The topological polar surface area (TPSA) is 90.6 Å². The van der Waals surface area contributed by atoms with Crippen molar-refractivity contribution < 1.29 is 19.4 Å². The Kier molecular flexibility index (Phi) is 4.47. The molecule has 8 heteroatoms. The Morgan fingerprint density at radius 2 is 2.22 bits per heavy atom. The molecular formula is C15H18N2O5S. The van der Waals surface area contributed by atoms with Crippen LogP contribution in [0, 0.1) is 0 Å². The predicted molar refractivity (Wildman–Crippen MR) is 85.2 cm³/mol. The molecule has 1 N–H and O–H groups in total. The van der Waals surface area contributed by atoms with E-state index >= 15 is 0 Å². The highest BCUT2D eigenvalue weighted by molar-refractivity contribution is 7.18. The highest BCUT2D eigenvalue weighted by atomic mass is 32.1. The first-order valence-corrected chi connectivity index (χ1v) is 8.15. The van der Waals surface area contributed by atoms with Crippen LogP contribution in [0.4, 0.5) is 0 Å². The van der Waals surface area contributed by atoms with Gasteiger partial charge in [-0.25, -0.2) is 4.98 Å². The number of methoxy groups -OCH3 is 2. The van der Waals surface area contributed by atoms with Crippen molar-refractivity contribution in [3.8, 4) is 0 Å². The van der Waals surface area contributed by atoms with Crippen molar-refractivity contribution in [2.75, 3.05) is 20.8 Å². The molecule has 0 radical (unpaired) electrons. The SMILES string of the molecule is COCCc1nc2sc3c(c2c(=O)n1COC)C(C(=O)O)CC3. The molecule has 0 saturated heterocycles. The average molecular weight is 338 g/mol. The van der Waals surface area contributed by atoms with Gasteiger partial charge in [-0.15, -0.1) is 11.3 Å². The Hall–Kier alpha value is -1.77. The Bertz CT molecular complexity index is 810. The molecule has 124 valence electrons. The molecule has 0 amide bonds. The zero-order chi connectivity index (χ0) is 16.6. The lowest BCUT2D eigenvalue weighted by molar-refractivity contribution is -0.138. The number of hydrogen-bond acceptors (Lipinski definition) is 6. The van der Waals surface area contributed by atoms with E-state index in [9.17, 15) is 14.7 Å². The minimum absolute atomic E-state index is 0.0865. The summed E-state index contributed by atoms with van der Waals surface area (Å²) in [5, 5.41) is 9.84. The van der Waals surface area contributed by atoms with Gasteiger partial charge in [-0.1, -0.05) is 0 Å². The van der Waals surface area contributed by atoms with Crippen LogP contribution in [-0.4, -0.2) is 41.5 Å². The van der Waals surface area contributed by atoms with E-state index in [2.05, 4.69) is 4.98 Å². The van der Waals surface area contributed by atoms with Gasteiger partial charge in [0.2, 0.25) is 0 Å². The van der Waals surface area contributed by atoms with Crippen molar-refractivity contribution in [2.24, 2.45) is 0 Å².